The first kappa shape index (κ1) is 50.4. The summed E-state index contributed by atoms with van der Waals surface area (Å²) in [5, 5.41) is 36.6. The number of hydrogen-bond acceptors (Lipinski definition) is 11. The van der Waals surface area contributed by atoms with Crippen molar-refractivity contribution in [2.75, 3.05) is 35.2 Å². The van der Waals surface area contributed by atoms with Crippen molar-refractivity contribution in [3.05, 3.63) is 213 Å². The summed E-state index contributed by atoms with van der Waals surface area (Å²) in [5.41, 5.74) is 4.73. The van der Waals surface area contributed by atoms with Crippen LogP contribution in [0.15, 0.2) is 168 Å². The number of nitrogens with one attached hydrogen (secondary N) is 2. The average molecular weight is 1010 g/mol. The van der Waals surface area contributed by atoms with Crippen LogP contribution in [-0.4, -0.2) is 64.1 Å². The number of carbonyl (C=O) groups is 2. The lowest BCUT2D eigenvalue weighted by molar-refractivity contribution is 0.102. The number of rotatable bonds is 18. The molecular weight excluding hydrogens is 960 g/mol. The van der Waals surface area contributed by atoms with E-state index < -0.39 is 9.84 Å². The minimum absolute atomic E-state index is 0.00992. The van der Waals surface area contributed by atoms with Gasteiger partial charge in [-0.15, -0.1) is 11.8 Å². The lowest BCUT2D eigenvalue weighted by Gasteiger charge is -2.11. The van der Waals surface area contributed by atoms with Crippen LogP contribution in [0.4, 0.5) is 11.6 Å². The maximum Gasteiger partial charge on any atom is 0.214 e. The highest BCUT2D eigenvalue weighted by Crippen LogP contribution is 2.29. The molecule has 352 valence electrons. The summed E-state index contributed by atoms with van der Waals surface area (Å²) in [5.74, 6) is 0.998. The van der Waals surface area contributed by atoms with Crippen LogP contribution in [0.3, 0.4) is 0 Å². The molecule has 0 fully saturated rings. The molecule has 0 unspecified atom stereocenters. The summed E-state index contributed by atoms with van der Waals surface area (Å²) in [6.45, 7) is 4.76. The summed E-state index contributed by atoms with van der Waals surface area (Å²) >= 11 is 13.9. The van der Waals surface area contributed by atoms with Crippen molar-refractivity contribution in [2.45, 2.75) is 36.5 Å². The van der Waals surface area contributed by atoms with E-state index in [2.05, 4.69) is 45.1 Å². The Kier molecular flexibility index (Phi) is 17.1. The van der Waals surface area contributed by atoms with Crippen molar-refractivity contribution in [3.63, 3.8) is 0 Å². The number of sulfone groups is 1. The second-order valence-corrected chi connectivity index (χ2v) is 20.0. The smallest absolute Gasteiger partial charge is 0.214 e. The first-order valence-corrected chi connectivity index (χ1v) is 25.5. The number of thioether (sulfide) groups is 1. The second-order valence-electron chi connectivity index (χ2n) is 15.9. The van der Waals surface area contributed by atoms with Crippen LogP contribution < -0.4 is 10.6 Å². The van der Waals surface area contributed by atoms with Gasteiger partial charge in [-0.2, -0.15) is 20.7 Å². The number of hydrogen-bond donors (Lipinski definition) is 2. The van der Waals surface area contributed by atoms with E-state index in [1.165, 1.54) is 9.58 Å². The van der Waals surface area contributed by atoms with Crippen LogP contribution in [0.1, 0.15) is 67.2 Å². The summed E-state index contributed by atoms with van der Waals surface area (Å²) in [6, 6.07) is 51.0. The molecule has 0 saturated carbocycles. The van der Waals surface area contributed by atoms with Gasteiger partial charge in [0.25, 0.3) is 0 Å². The van der Waals surface area contributed by atoms with E-state index in [0.29, 0.717) is 50.7 Å². The zero-order valence-electron chi connectivity index (χ0n) is 38.1. The van der Waals surface area contributed by atoms with Gasteiger partial charge in [-0.1, -0.05) is 119 Å². The Bertz CT molecular complexity index is 3280. The van der Waals surface area contributed by atoms with Gasteiger partial charge in [-0.05, 0) is 105 Å². The normalized spacial score (nSPS) is 10.9. The van der Waals surface area contributed by atoms with Crippen LogP contribution in [0.2, 0.25) is 10.0 Å². The van der Waals surface area contributed by atoms with Gasteiger partial charge >= 0.3 is 0 Å². The Morgan fingerprint density at radius 1 is 0.586 bits per heavy atom. The fourth-order valence-electron chi connectivity index (χ4n) is 7.11. The van der Waals surface area contributed by atoms with Crippen molar-refractivity contribution in [3.8, 4) is 23.5 Å². The predicted molar refractivity (Wildman–Crippen MR) is 278 cm³/mol. The van der Waals surface area contributed by atoms with Gasteiger partial charge in [0.2, 0.25) is 11.6 Å². The SMILES string of the molecule is Cc1ccc(C(=O)c2nn(-c3ccc(Cl)cc3)c(NCCCS(=O)(=O)c3ccccc3)c2C#N)cc1.Cc1ccc(C(=O)c2nn(-c3ccc(Cl)cc3)c(NCCCSc3ccccc3)c2C#N)cc1. The highest BCUT2D eigenvalue weighted by atomic mass is 35.5. The number of nitrogens with zero attached hydrogens (tertiary/aromatic N) is 6. The zero-order valence-corrected chi connectivity index (χ0v) is 41.3. The Morgan fingerprint density at radius 3 is 1.43 bits per heavy atom. The first-order valence-electron chi connectivity index (χ1n) is 22.1. The molecule has 0 atom stereocenters. The van der Waals surface area contributed by atoms with E-state index in [1.54, 1.807) is 107 Å². The van der Waals surface area contributed by atoms with Crippen molar-refractivity contribution in [1.29, 1.82) is 10.5 Å². The number of benzene rings is 6. The second kappa shape index (κ2) is 23.7. The van der Waals surface area contributed by atoms with E-state index in [1.807, 2.05) is 68.4 Å². The molecule has 16 heteroatoms. The number of nitriles is 2. The van der Waals surface area contributed by atoms with E-state index in [-0.39, 0.29) is 57.7 Å². The standard InChI is InChI=1S/C27H23ClN4O3S.C27H23ClN4OS/c1-19-8-10-20(11-9-19)26(33)25-24(18-29)27(32(31-25)22-14-12-21(28)13-15-22)30-16-5-17-36(34,35)23-6-3-2-4-7-23;1-19-8-10-20(11-9-19)26(33)25-24(18-29)27(32(31-25)22-14-12-21(28)13-15-22)30-16-5-17-34-23-6-3-2-4-7-23/h2-4,6-15,30H,5,16-17H2,1H3;2-4,6-15,30H,5,16-17H2,1H3. The fourth-order valence-corrected chi connectivity index (χ4v) is 9.57. The number of carbonyl (C=O) groups excluding carboxylic acids is 2. The summed E-state index contributed by atoms with van der Waals surface area (Å²) in [7, 11) is -3.44. The quantitative estimate of drug-likeness (QED) is 0.0475. The molecule has 0 aliphatic heterocycles. The van der Waals surface area contributed by atoms with Crippen LogP contribution in [0.25, 0.3) is 11.4 Å². The highest BCUT2D eigenvalue weighted by molar-refractivity contribution is 7.99. The van der Waals surface area contributed by atoms with Crippen LogP contribution >= 0.6 is 35.0 Å². The van der Waals surface area contributed by atoms with Gasteiger partial charge in [0.1, 0.15) is 34.9 Å². The van der Waals surface area contributed by atoms with Gasteiger partial charge < -0.3 is 10.6 Å². The minimum Gasteiger partial charge on any atom is -0.369 e. The van der Waals surface area contributed by atoms with E-state index in [9.17, 15) is 28.5 Å². The molecule has 0 amide bonds. The molecule has 0 spiro atoms. The third kappa shape index (κ3) is 12.6. The maximum atomic E-state index is 13.3. The predicted octanol–water partition coefficient (Wildman–Crippen LogP) is 11.7. The van der Waals surface area contributed by atoms with Crippen LogP contribution in [0, 0.1) is 36.5 Å². The number of aryl methyl sites for hydroxylation is 2. The molecule has 2 aromatic heterocycles. The molecular formula is C54H46Cl2N8O4S2. The fraction of sp³-hybridized carbons (Fsp3) is 0.148. The van der Waals surface area contributed by atoms with Gasteiger partial charge in [-0.3, -0.25) is 9.59 Å². The zero-order chi connectivity index (χ0) is 49.6. The Morgan fingerprint density at radius 2 is 1.00 bits per heavy atom. The Labute approximate surface area is 421 Å². The Balaban J connectivity index is 0.000000207. The summed E-state index contributed by atoms with van der Waals surface area (Å²) in [4.78, 5) is 28.0. The average Bonchev–Trinajstić information content (AvgIpc) is 3.94. The third-order valence-corrected chi connectivity index (χ3v) is 14.2. The lowest BCUT2D eigenvalue weighted by Crippen LogP contribution is -2.14. The van der Waals surface area contributed by atoms with Crippen molar-refractivity contribution in [2.24, 2.45) is 0 Å². The van der Waals surface area contributed by atoms with Crippen LogP contribution in [-0.2, 0) is 9.84 Å². The largest absolute Gasteiger partial charge is 0.369 e. The topological polar surface area (TPSA) is 176 Å². The highest BCUT2D eigenvalue weighted by Gasteiger charge is 2.27. The molecule has 70 heavy (non-hydrogen) atoms. The van der Waals surface area contributed by atoms with Gasteiger partial charge in [0, 0.05) is 39.2 Å². The Hall–Kier alpha value is -7.46. The van der Waals surface area contributed by atoms with Gasteiger partial charge in [-0.25, -0.2) is 17.8 Å². The van der Waals surface area contributed by atoms with Crippen molar-refractivity contribution >= 4 is 68.0 Å². The molecule has 12 nitrogen and oxygen atoms in total. The summed E-state index contributed by atoms with van der Waals surface area (Å²) < 4.78 is 28.3. The first-order chi connectivity index (χ1) is 33.9. The van der Waals surface area contributed by atoms with E-state index in [4.69, 9.17) is 23.2 Å². The molecule has 0 aliphatic carbocycles. The molecule has 2 N–H and O–H groups in total. The molecule has 0 bridgehead atoms. The lowest BCUT2D eigenvalue weighted by atomic mass is 10.0. The van der Waals surface area contributed by atoms with E-state index in [0.717, 1.165) is 23.3 Å². The number of ketones is 2. The molecule has 8 aromatic rings. The van der Waals surface area contributed by atoms with Crippen molar-refractivity contribution < 1.29 is 18.0 Å². The monoisotopic (exact) mass is 1000 g/mol. The minimum atomic E-state index is -3.44. The van der Waals surface area contributed by atoms with Gasteiger partial charge in [0.15, 0.2) is 21.2 Å². The summed E-state index contributed by atoms with van der Waals surface area (Å²) in [6.07, 6.45) is 1.16. The maximum absolute atomic E-state index is 13.3. The number of aromatic nitrogens is 4. The van der Waals surface area contributed by atoms with Crippen LogP contribution in [0.5, 0.6) is 0 Å². The number of halogens is 2. The van der Waals surface area contributed by atoms with E-state index >= 15 is 0 Å². The number of anilines is 2. The van der Waals surface area contributed by atoms with Gasteiger partial charge in [0.05, 0.1) is 22.0 Å². The molecule has 0 radical (unpaired) electrons. The third-order valence-electron chi connectivity index (χ3n) is 10.8. The van der Waals surface area contributed by atoms with Crippen molar-refractivity contribution in [1.82, 2.24) is 19.6 Å². The molecule has 2 heterocycles. The molecule has 6 aromatic carbocycles. The molecule has 8 rings (SSSR count). The molecule has 0 saturated heterocycles. The molecule has 0 aliphatic rings.